The molecule has 90 valence electrons. The molecule has 0 radical (unpaired) electrons. The number of carbonyl (C=O) groups excluding carboxylic acids is 1. The van der Waals surface area contributed by atoms with Crippen LogP contribution in [-0.4, -0.2) is 18.4 Å². The maximum atomic E-state index is 11.3. The van der Waals surface area contributed by atoms with Crippen molar-refractivity contribution in [1.82, 2.24) is 5.32 Å². The summed E-state index contributed by atoms with van der Waals surface area (Å²) in [5, 5.41) is 3.20. The number of hydrogen-bond donors (Lipinski definition) is 1. The Hall–Kier alpha value is -1.15. The summed E-state index contributed by atoms with van der Waals surface area (Å²) in [5.41, 5.74) is 2.25. The van der Waals surface area contributed by atoms with Gasteiger partial charge >= 0.3 is 0 Å². The lowest BCUT2D eigenvalue weighted by molar-refractivity contribution is -0.118. The molecular weight excluding hydrogens is 198 g/mol. The summed E-state index contributed by atoms with van der Waals surface area (Å²) in [6.07, 6.45) is 6.82. The van der Waals surface area contributed by atoms with Gasteiger partial charge in [-0.1, -0.05) is 38.7 Å². The molecule has 1 atom stereocenters. The molecule has 2 heteroatoms. The SMILES string of the molecule is C=CC1=C(/C=C\C)CCNC1C(C)=O.CC. The predicted octanol–water partition coefficient (Wildman–Crippen LogP) is 3.02. The molecule has 0 aliphatic carbocycles. The minimum Gasteiger partial charge on any atom is -0.303 e. The molecule has 1 unspecified atom stereocenters. The quantitative estimate of drug-likeness (QED) is 0.793. The predicted molar refractivity (Wildman–Crippen MR) is 70.5 cm³/mol. The zero-order valence-electron chi connectivity index (χ0n) is 10.8. The van der Waals surface area contributed by atoms with E-state index in [9.17, 15) is 4.79 Å². The summed E-state index contributed by atoms with van der Waals surface area (Å²) < 4.78 is 0. The van der Waals surface area contributed by atoms with Crippen molar-refractivity contribution >= 4 is 5.78 Å². The summed E-state index contributed by atoms with van der Waals surface area (Å²) >= 11 is 0. The number of ketones is 1. The average Bonchev–Trinajstić information content (AvgIpc) is 2.31. The van der Waals surface area contributed by atoms with E-state index in [0.29, 0.717) is 0 Å². The van der Waals surface area contributed by atoms with Gasteiger partial charge in [-0.15, -0.1) is 0 Å². The molecule has 1 aliphatic rings. The molecule has 16 heavy (non-hydrogen) atoms. The molecule has 0 bridgehead atoms. The molecule has 1 heterocycles. The molecule has 0 aromatic rings. The van der Waals surface area contributed by atoms with Crippen LogP contribution in [0.1, 0.15) is 34.1 Å². The van der Waals surface area contributed by atoms with E-state index in [4.69, 9.17) is 0 Å². The van der Waals surface area contributed by atoms with Gasteiger partial charge < -0.3 is 5.32 Å². The number of Topliss-reactive ketones (excluding diaryl/α,β-unsaturated/α-hetero) is 1. The molecule has 2 nitrogen and oxygen atoms in total. The molecule has 0 aromatic heterocycles. The minimum absolute atomic E-state index is 0.154. The monoisotopic (exact) mass is 221 g/mol. The Morgan fingerprint density at radius 3 is 2.56 bits per heavy atom. The van der Waals surface area contributed by atoms with E-state index < -0.39 is 0 Å². The van der Waals surface area contributed by atoms with Gasteiger partial charge in [0, 0.05) is 6.54 Å². The van der Waals surface area contributed by atoms with E-state index in [1.54, 1.807) is 13.0 Å². The highest BCUT2D eigenvalue weighted by Gasteiger charge is 2.22. The van der Waals surface area contributed by atoms with Crippen LogP contribution < -0.4 is 5.32 Å². The summed E-state index contributed by atoms with van der Waals surface area (Å²) in [6, 6.07) is -0.160. The first-order chi connectivity index (χ1) is 7.70. The van der Waals surface area contributed by atoms with Crippen LogP contribution in [0, 0.1) is 0 Å². The van der Waals surface area contributed by atoms with Crippen LogP contribution in [0.4, 0.5) is 0 Å². The fourth-order valence-corrected chi connectivity index (χ4v) is 1.78. The first-order valence-corrected chi connectivity index (χ1v) is 5.92. The summed E-state index contributed by atoms with van der Waals surface area (Å²) in [5.74, 6) is 0.154. The standard InChI is InChI=1S/C12H17NO.C2H6/c1-4-6-10-7-8-13-12(9(3)14)11(10)5-2;1-2/h4-6,12-13H,2,7-8H2,1,3H3;1-2H3/b6-4-;. The summed E-state index contributed by atoms with van der Waals surface area (Å²) in [7, 11) is 0. The van der Waals surface area contributed by atoms with Gasteiger partial charge in [-0.25, -0.2) is 0 Å². The minimum atomic E-state index is -0.160. The Kier molecular flexibility index (Phi) is 7.48. The highest BCUT2D eigenvalue weighted by Crippen LogP contribution is 2.20. The van der Waals surface area contributed by atoms with E-state index in [1.807, 2.05) is 26.8 Å². The fourth-order valence-electron chi connectivity index (χ4n) is 1.78. The number of allylic oxidation sites excluding steroid dienone is 2. The Morgan fingerprint density at radius 1 is 1.50 bits per heavy atom. The van der Waals surface area contributed by atoms with Crippen LogP contribution in [0.3, 0.4) is 0 Å². The van der Waals surface area contributed by atoms with Crippen molar-refractivity contribution in [3.63, 3.8) is 0 Å². The van der Waals surface area contributed by atoms with E-state index in [2.05, 4.69) is 18.0 Å². The van der Waals surface area contributed by atoms with Crippen molar-refractivity contribution in [3.05, 3.63) is 36.0 Å². The highest BCUT2D eigenvalue weighted by atomic mass is 16.1. The zero-order chi connectivity index (χ0) is 12.6. The molecule has 0 amide bonds. The van der Waals surface area contributed by atoms with Crippen molar-refractivity contribution in [2.45, 2.75) is 40.2 Å². The van der Waals surface area contributed by atoms with Gasteiger partial charge in [0.05, 0.1) is 6.04 Å². The number of hydrogen-bond acceptors (Lipinski definition) is 2. The Morgan fingerprint density at radius 2 is 2.12 bits per heavy atom. The Bertz CT molecular complexity index is 300. The van der Waals surface area contributed by atoms with Crippen molar-refractivity contribution in [2.24, 2.45) is 0 Å². The number of nitrogens with one attached hydrogen (secondary N) is 1. The van der Waals surface area contributed by atoms with Gasteiger partial charge in [0.15, 0.2) is 5.78 Å². The smallest absolute Gasteiger partial charge is 0.151 e. The van der Waals surface area contributed by atoms with Crippen LogP contribution in [0.25, 0.3) is 0 Å². The van der Waals surface area contributed by atoms with Crippen molar-refractivity contribution in [2.75, 3.05) is 6.54 Å². The summed E-state index contributed by atoms with van der Waals surface area (Å²) in [4.78, 5) is 11.3. The lowest BCUT2D eigenvalue weighted by atomic mass is 9.92. The third kappa shape index (κ3) is 3.78. The first-order valence-electron chi connectivity index (χ1n) is 5.92. The fraction of sp³-hybridized carbons (Fsp3) is 0.500. The highest BCUT2D eigenvalue weighted by molar-refractivity contribution is 5.86. The summed E-state index contributed by atoms with van der Waals surface area (Å²) in [6.45, 7) is 12.2. The lowest BCUT2D eigenvalue weighted by Gasteiger charge is -2.25. The molecule has 0 saturated heterocycles. The van der Waals surface area contributed by atoms with Crippen LogP contribution in [0.5, 0.6) is 0 Å². The largest absolute Gasteiger partial charge is 0.303 e. The molecular formula is C14H23NO. The van der Waals surface area contributed by atoms with Gasteiger partial charge in [0.2, 0.25) is 0 Å². The van der Waals surface area contributed by atoms with Crippen LogP contribution in [0.2, 0.25) is 0 Å². The molecule has 1 N–H and O–H groups in total. The maximum Gasteiger partial charge on any atom is 0.151 e. The van der Waals surface area contributed by atoms with Crippen LogP contribution in [0.15, 0.2) is 36.0 Å². The second-order valence-electron chi connectivity index (χ2n) is 3.43. The van der Waals surface area contributed by atoms with Gasteiger partial charge in [0.25, 0.3) is 0 Å². The van der Waals surface area contributed by atoms with E-state index >= 15 is 0 Å². The van der Waals surface area contributed by atoms with Crippen molar-refractivity contribution in [3.8, 4) is 0 Å². The van der Waals surface area contributed by atoms with Gasteiger partial charge in [-0.2, -0.15) is 0 Å². The number of rotatable bonds is 3. The third-order valence-corrected chi connectivity index (χ3v) is 2.42. The zero-order valence-corrected chi connectivity index (χ0v) is 10.8. The van der Waals surface area contributed by atoms with Gasteiger partial charge in [-0.3, -0.25) is 4.79 Å². The average molecular weight is 221 g/mol. The topological polar surface area (TPSA) is 29.1 Å². The van der Waals surface area contributed by atoms with Crippen molar-refractivity contribution in [1.29, 1.82) is 0 Å². The van der Waals surface area contributed by atoms with E-state index in [0.717, 1.165) is 18.5 Å². The molecule has 1 rings (SSSR count). The molecule has 0 fully saturated rings. The second kappa shape index (κ2) is 8.05. The maximum absolute atomic E-state index is 11.3. The van der Waals surface area contributed by atoms with Crippen molar-refractivity contribution < 1.29 is 4.79 Å². The molecule has 0 spiro atoms. The van der Waals surface area contributed by atoms with Gasteiger partial charge in [-0.05, 0) is 31.4 Å². The Labute approximate surface area is 99.1 Å². The van der Waals surface area contributed by atoms with Crippen LogP contribution >= 0.6 is 0 Å². The lowest BCUT2D eigenvalue weighted by Crippen LogP contribution is -2.40. The number of carbonyl (C=O) groups is 1. The Balaban J connectivity index is 0.00000106. The molecule has 0 aromatic carbocycles. The normalized spacial score (nSPS) is 20.4. The van der Waals surface area contributed by atoms with Crippen LogP contribution in [-0.2, 0) is 4.79 Å². The third-order valence-electron chi connectivity index (χ3n) is 2.42. The molecule has 1 aliphatic heterocycles. The van der Waals surface area contributed by atoms with E-state index in [1.165, 1.54) is 5.57 Å². The van der Waals surface area contributed by atoms with E-state index in [-0.39, 0.29) is 11.8 Å². The molecule has 0 saturated carbocycles. The second-order valence-corrected chi connectivity index (χ2v) is 3.43. The van der Waals surface area contributed by atoms with Gasteiger partial charge in [0.1, 0.15) is 0 Å². The first kappa shape index (κ1) is 14.8.